The highest BCUT2D eigenvalue weighted by Crippen LogP contribution is 2.17. The molecular formula is C16H13N3O4. The summed E-state index contributed by atoms with van der Waals surface area (Å²) in [5.41, 5.74) is 1.90. The molecule has 0 aliphatic carbocycles. The number of nitrogens with one attached hydrogen (secondary N) is 1. The monoisotopic (exact) mass is 311 g/mol. The van der Waals surface area contributed by atoms with Crippen LogP contribution in [0.15, 0.2) is 47.2 Å². The lowest BCUT2D eigenvalue weighted by molar-refractivity contribution is -0.119. The van der Waals surface area contributed by atoms with Gasteiger partial charge in [-0.2, -0.15) is 0 Å². The van der Waals surface area contributed by atoms with Crippen molar-refractivity contribution in [3.05, 3.63) is 54.0 Å². The van der Waals surface area contributed by atoms with Gasteiger partial charge in [0.05, 0.1) is 5.56 Å². The van der Waals surface area contributed by atoms with Crippen molar-refractivity contribution in [3.63, 3.8) is 0 Å². The first-order valence-electron chi connectivity index (χ1n) is 6.86. The minimum absolute atomic E-state index is 0.248. The molecular weight excluding hydrogens is 298 g/mol. The van der Waals surface area contributed by atoms with E-state index >= 15 is 0 Å². The number of aryl methyl sites for hydroxylation is 1. The fourth-order valence-electron chi connectivity index (χ4n) is 2.05. The molecule has 23 heavy (non-hydrogen) atoms. The number of para-hydroxylation sites is 1. The van der Waals surface area contributed by atoms with E-state index in [9.17, 15) is 9.59 Å². The predicted octanol–water partition coefficient (Wildman–Crippen LogP) is 2.33. The van der Waals surface area contributed by atoms with Crippen LogP contribution in [0.25, 0.3) is 11.1 Å². The lowest BCUT2D eigenvalue weighted by atomic mass is 10.2. The van der Waals surface area contributed by atoms with Gasteiger partial charge in [-0.15, -0.1) is 0 Å². The van der Waals surface area contributed by atoms with Crippen LogP contribution < -0.4 is 5.32 Å². The van der Waals surface area contributed by atoms with Gasteiger partial charge in [0.1, 0.15) is 11.3 Å². The van der Waals surface area contributed by atoms with E-state index in [1.54, 1.807) is 30.3 Å². The summed E-state index contributed by atoms with van der Waals surface area (Å²) in [6.07, 6.45) is 1.25. The number of carbonyl (C=O) groups is 2. The molecule has 0 bridgehead atoms. The van der Waals surface area contributed by atoms with Crippen molar-refractivity contribution < 1.29 is 18.7 Å². The third kappa shape index (κ3) is 3.34. The number of hydrogen-bond acceptors (Lipinski definition) is 6. The summed E-state index contributed by atoms with van der Waals surface area (Å²) in [6.45, 7) is 1.40. The van der Waals surface area contributed by atoms with Gasteiger partial charge >= 0.3 is 5.97 Å². The number of carbonyl (C=O) groups excluding carboxylic acids is 2. The van der Waals surface area contributed by atoms with Gasteiger partial charge in [-0.25, -0.2) is 14.8 Å². The lowest BCUT2D eigenvalue weighted by Crippen LogP contribution is -2.21. The van der Waals surface area contributed by atoms with Crippen LogP contribution in [0.5, 0.6) is 0 Å². The molecule has 3 aromatic rings. The molecule has 1 N–H and O–H groups in total. The molecule has 7 nitrogen and oxygen atoms in total. The van der Waals surface area contributed by atoms with Crippen molar-refractivity contribution in [3.8, 4) is 0 Å². The zero-order valence-corrected chi connectivity index (χ0v) is 12.3. The number of oxazole rings is 1. The van der Waals surface area contributed by atoms with Gasteiger partial charge in [-0.3, -0.25) is 4.79 Å². The van der Waals surface area contributed by atoms with Gasteiger partial charge in [0.15, 0.2) is 18.6 Å². The summed E-state index contributed by atoms with van der Waals surface area (Å²) in [5.74, 6) is -0.703. The Balaban J connectivity index is 1.62. The maximum Gasteiger partial charge on any atom is 0.340 e. The van der Waals surface area contributed by atoms with Crippen LogP contribution in [0.3, 0.4) is 0 Å². The van der Waals surface area contributed by atoms with Gasteiger partial charge in [-0.05, 0) is 31.2 Å². The molecule has 2 aromatic heterocycles. The second-order valence-electron chi connectivity index (χ2n) is 4.79. The highest BCUT2D eigenvalue weighted by molar-refractivity contribution is 6.02. The normalized spacial score (nSPS) is 10.5. The molecule has 0 unspecified atom stereocenters. The number of hydrogen-bond donors (Lipinski definition) is 1. The van der Waals surface area contributed by atoms with Crippen LogP contribution in [0, 0.1) is 6.92 Å². The minimum atomic E-state index is -0.642. The Labute approximate surface area is 131 Å². The van der Waals surface area contributed by atoms with Crippen molar-refractivity contribution in [2.24, 2.45) is 0 Å². The number of nitrogens with zero attached hydrogens (tertiary/aromatic N) is 2. The zero-order chi connectivity index (χ0) is 16.2. The first-order valence-corrected chi connectivity index (χ1v) is 6.86. The van der Waals surface area contributed by atoms with E-state index in [4.69, 9.17) is 9.15 Å². The number of rotatable bonds is 4. The number of esters is 1. The summed E-state index contributed by atoms with van der Waals surface area (Å²) < 4.78 is 10.1. The molecule has 0 aliphatic heterocycles. The Morgan fingerprint density at radius 3 is 2.87 bits per heavy atom. The second-order valence-corrected chi connectivity index (χ2v) is 4.79. The van der Waals surface area contributed by atoms with Crippen LogP contribution in [0.1, 0.15) is 16.1 Å². The number of aromatic nitrogens is 2. The highest BCUT2D eigenvalue weighted by atomic mass is 16.5. The van der Waals surface area contributed by atoms with Gasteiger partial charge in [-0.1, -0.05) is 12.1 Å². The van der Waals surface area contributed by atoms with Crippen LogP contribution in [-0.2, 0) is 9.53 Å². The zero-order valence-electron chi connectivity index (χ0n) is 12.3. The smallest absolute Gasteiger partial charge is 0.340 e. The summed E-state index contributed by atoms with van der Waals surface area (Å²) in [6, 6.07) is 10.1. The van der Waals surface area contributed by atoms with Crippen molar-refractivity contribution in [1.29, 1.82) is 0 Å². The molecule has 0 aliphatic rings. The summed E-state index contributed by atoms with van der Waals surface area (Å²) >= 11 is 0. The summed E-state index contributed by atoms with van der Waals surface area (Å²) in [7, 11) is 0. The lowest BCUT2D eigenvalue weighted by Gasteiger charge is -2.06. The number of pyridine rings is 1. The van der Waals surface area contributed by atoms with E-state index in [-0.39, 0.29) is 5.56 Å². The fraction of sp³-hybridized carbons (Fsp3) is 0.125. The molecule has 0 saturated heterocycles. The third-order valence-corrected chi connectivity index (χ3v) is 3.07. The van der Waals surface area contributed by atoms with Crippen molar-refractivity contribution in [2.45, 2.75) is 6.92 Å². The first kappa shape index (κ1) is 14.7. The van der Waals surface area contributed by atoms with Crippen LogP contribution in [-0.4, -0.2) is 28.5 Å². The number of ether oxygens (including phenoxy) is 1. The molecule has 0 spiro atoms. The number of anilines is 1. The van der Waals surface area contributed by atoms with E-state index in [2.05, 4.69) is 15.3 Å². The third-order valence-electron chi connectivity index (χ3n) is 3.07. The second kappa shape index (κ2) is 6.27. The molecule has 7 heteroatoms. The molecule has 116 valence electrons. The molecule has 1 amide bonds. The topological polar surface area (TPSA) is 94.3 Å². The summed E-state index contributed by atoms with van der Waals surface area (Å²) in [5, 5.41) is 2.56. The first-order chi connectivity index (χ1) is 11.1. The van der Waals surface area contributed by atoms with E-state index in [1.807, 2.05) is 13.0 Å². The van der Waals surface area contributed by atoms with Gasteiger partial charge in [0.25, 0.3) is 5.91 Å². The van der Waals surface area contributed by atoms with Gasteiger partial charge < -0.3 is 14.5 Å². The van der Waals surface area contributed by atoms with Crippen LogP contribution >= 0.6 is 0 Å². The Bertz CT molecular complexity index is 872. The molecule has 3 rings (SSSR count). The molecule has 0 atom stereocenters. The fourth-order valence-corrected chi connectivity index (χ4v) is 2.05. The Morgan fingerprint density at radius 1 is 1.22 bits per heavy atom. The maximum atomic E-state index is 12.1. The Morgan fingerprint density at radius 2 is 2.04 bits per heavy atom. The number of amides is 1. The highest BCUT2D eigenvalue weighted by Gasteiger charge is 2.15. The maximum absolute atomic E-state index is 12.1. The van der Waals surface area contributed by atoms with Crippen molar-refractivity contribution in [1.82, 2.24) is 9.97 Å². The quantitative estimate of drug-likeness (QED) is 0.743. The Kier molecular flexibility index (Phi) is 4.01. The molecule has 2 heterocycles. The van der Waals surface area contributed by atoms with Crippen molar-refractivity contribution >= 4 is 28.8 Å². The minimum Gasteiger partial charge on any atom is -0.452 e. The molecule has 0 radical (unpaired) electrons. The van der Waals surface area contributed by atoms with Crippen molar-refractivity contribution in [2.75, 3.05) is 11.9 Å². The molecule has 0 fully saturated rings. The van der Waals surface area contributed by atoms with Gasteiger partial charge in [0.2, 0.25) is 0 Å². The standard InChI is InChI=1S/C16H13N3O4/c1-10-4-2-7-13(18-10)19-14(20)8-22-16(21)11-5-3-6-12-15(11)17-9-23-12/h2-7,9H,8H2,1H3,(H,18,19,20). The van der Waals surface area contributed by atoms with E-state index < -0.39 is 18.5 Å². The van der Waals surface area contributed by atoms with Crippen LogP contribution in [0.2, 0.25) is 0 Å². The Hall–Kier alpha value is -3.22. The predicted molar refractivity (Wildman–Crippen MR) is 81.9 cm³/mol. The largest absolute Gasteiger partial charge is 0.452 e. The van der Waals surface area contributed by atoms with E-state index in [0.717, 1.165) is 5.69 Å². The van der Waals surface area contributed by atoms with E-state index in [0.29, 0.717) is 16.9 Å². The number of fused-ring (bicyclic) bond motifs is 1. The molecule has 0 saturated carbocycles. The average molecular weight is 311 g/mol. The summed E-state index contributed by atoms with van der Waals surface area (Å²) in [4.78, 5) is 32.0. The van der Waals surface area contributed by atoms with Gasteiger partial charge in [0, 0.05) is 5.69 Å². The SMILES string of the molecule is Cc1cccc(NC(=O)COC(=O)c2cccc3ocnc23)n1. The van der Waals surface area contributed by atoms with E-state index in [1.165, 1.54) is 6.39 Å². The molecule has 1 aromatic carbocycles. The number of benzene rings is 1. The van der Waals surface area contributed by atoms with Crippen LogP contribution in [0.4, 0.5) is 5.82 Å². The average Bonchev–Trinajstić information content (AvgIpc) is 3.01.